The van der Waals surface area contributed by atoms with Crippen molar-refractivity contribution < 1.29 is 29.6 Å². The van der Waals surface area contributed by atoms with Gasteiger partial charge in [-0.1, -0.05) is 6.07 Å². The van der Waals surface area contributed by atoms with Crippen molar-refractivity contribution in [2.24, 2.45) is 0 Å². The molecule has 1 aliphatic heterocycles. The zero-order valence-electron chi connectivity index (χ0n) is 12.2. The maximum atomic E-state index is 12.1. The fourth-order valence-electron chi connectivity index (χ4n) is 3.45. The highest BCUT2D eigenvalue weighted by atomic mass is 16.5. The van der Waals surface area contributed by atoms with Gasteiger partial charge in [-0.15, -0.1) is 0 Å². The summed E-state index contributed by atoms with van der Waals surface area (Å²) in [7, 11) is 0. The van der Waals surface area contributed by atoms with Crippen molar-refractivity contribution in [2.75, 3.05) is 0 Å². The monoisotopic (exact) mass is 306 g/mol. The number of carboxylic acid groups (broad SMARTS) is 1. The predicted octanol–water partition coefficient (Wildman–Crippen LogP) is 1.88. The van der Waals surface area contributed by atoms with E-state index in [1.54, 1.807) is 13.0 Å². The fraction of sp³-hybridized carbons (Fsp3) is 0.500. The number of carbonyl (C=O) groups excluding carboxylic acids is 1. The summed E-state index contributed by atoms with van der Waals surface area (Å²) in [4.78, 5) is 22.9. The van der Waals surface area contributed by atoms with E-state index in [0.29, 0.717) is 24.0 Å². The number of aliphatic hydroxyl groups is 1. The molecule has 0 fully saturated rings. The molecule has 3 atom stereocenters. The number of ether oxygens (including phenoxy) is 1. The number of phenolic OH excluding ortho intramolecular Hbond substituents is 1. The summed E-state index contributed by atoms with van der Waals surface area (Å²) >= 11 is 0. The Hall–Kier alpha value is -1.92. The van der Waals surface area contributed by atoms with E-state index in [4.69, 9.17) is 9.84 Å². The topological polar surface area (TPSA) is 104 Å². The van der Waals surface area contributed by atoms with Crippen LogP contribution in [0.5, 0.6) is 5.75 Å². The predicted molar refractivity (Wildman–Crippen MR) is 75.9 cm³/mol. The van der Waals surface area contributed by atoms with Crippen LogP contribution in [0.25, 0.3) is 0 Å². The van der Waals surface area contributed by atoms with E-state index in [0.717, 1.165) is 5.56 Å². The third-order valence-corrected chi connectivity index (χ3v) is 4.39. The van der Waals surface area contributed by atoms with Gasteiger partial charge in [0, 0.05) is 12.0 Å². The number of aliphatic carboxylic acids is 1. The standard InChI is InChI=1S/C16H18O6/c1-7-14-8(4-9(22-7)6-13(19)20)5-10-11(17)2-3-12(18)15(10)16(14)21/h5,7,9,11,17,21H,2-4,6H2,1H3,(H,19,20)/t7-,9+,11+/m0/s1. The molecule has 0 saturated carbocycles. The summed E-state index contributed by atoms with van der Waals surface area (Å²) in [5.74, 6) is -1.25. The number of fused-ring (bicyclic) bond motifs is 2. The molecule has 0 spiro atoms. The number of hydrogen-bond acceptors (Lipinski definition) is 5. The van der Waals surface area contributed by atoms with E-state index >= 15 is 0 Å². The summed E-state index contributed by atoms with van der Waals surface area (Å²) in [6.07, 6.45) is -0.984. The number of carbonyl (C=O) groups is 2. The van der Waals surface area contributed by atoms with Crippen LogP contribution in [0.2, 0.25) is 0 Å². The third kappa shape index (κ3) is 2.38. The number of Topliss-reactive ketones (excluding diaryl/α,β-unsaturated/α-hetero) is 1. The highest BCUT2D eigenvalue weighted by Gasteiger charge is 2.35. The lowest BCUT2D eigenvalue weighted by atomic mass is 9.81. The van der Waals surface area contributed by atoms with Crippen LogP contribution in [0.1, 0.15) is 65.4 Å². The van der Waals surface area contributed by atoms with E-state index in [-0.39, 0.29) is 29.9 Å². The van der Waals surface area contributed by atoms with Gasteiger partial charge >= 0.3 is 5.97 Å². The molecule has 0 amide bonds. The zero-order valence-corrected chi connectivity index (χ0v) is 12.2. The molecular weight excluding hydrogens is 288 g/mol. The van der Waals surface area contributed by atoms with E-state index in [2.05, 4.69) is 0 Å². The number of ketones is 1. The largest absolute Gasteiger partial charge is 0.507 e. The first-order valence-corrected chi connectivity index (χ1v) is 7.35. The lowest BCUT2D eigenvalue weighted by Gasteiger charge is -2.33. The van der Waals surface area contributed by atoms with Crippen molar-refractivity contribution in [3.63, 3.8) is 0 Å². The Morgan fingerprint density at radius 3 is 2.86 bits per heavy atom. The Morgan fingerprint density at radius 2 is 2.18 bits per heavy atom. The van der Waals surface area contributed by atoms with Gasteiger partial charge in [-0.25, -0.2) is 0 Å². The van der Waals surface area contributed by atoms with Crippen LogP contribution in [0.4, 0.5) is 0 Å². The van der Waals surface area contributed by atoms with E-state index in [9.17, 15) is 19.8 Å². The number of phenols is 1. The molecule has 0 saturated heterocycles. The number of carboxylic acids is 1. The first-order valence-electron chi connectivity index (χ1n) is 7.35. The molecule has 0 radical (unpaired) electrons. The normalized spacial score (nSPS) is 27.2. The van der Waals surface area contributed by atoms with Crippen LogP contribution in [-0.4, -0.2) is 33.2 Å². The van der Waals surface area contributed by atoms with E-state index in [1.807, 2.05) is 0 Å². The molecule has 118 valence electrons. The molecule has 2 aliphatic rings. The van der Waals surface area contributed by atoms with Crippen LogP contribution in [0.15, 0.2) is 6.07 Å². The van der Waals surface area contributed by atoms with Gasteiger partial charge < -0.3 is 20.1 Å². The molecule has 3 rings (SSSR count). The lowest BCUT2D eigenvalue weighted by Crippen LogP contribution is -2.29. The Labute approximate surface area is 127 Å². The summed E-state index contributed by atoms with van der Waals surface area (Å²) in [6.45, 7) is 1.72. The minimum Gasteiger partial charge on any atom is -0.507 e. The number of benzene rings is 1. The first kappa shape index (κ1) is 15.0. The van der Waals surface area contributed by atoms with Crippen LogP contribution in [0.3, 0.4) is 0 Å². The third-order valence-electron chi connectivity index (χ3n) is 4.39. The van der Waals surface area contributed by atoms with Crippen molar-refractivity contribution in [3.05, 3.63) is 28.3 Å². The molecule has 22 heavy (non-hydrogen) atoms. The minimum absolute atomic E-state index is 0.122. The van der Waals surface area contributed by atoms with Crippen LogP contribution in [0, 0.1) is 0 Å². The van der Waals surface area contributed by atoms with Gasteiger partial charge in [-0.05, 0) is 30.9 Å². The van der Waals surface area contributed by atoms with Crippen molar-refractivity contribution >= 4 is 11.8 Å². The van der Waals surface area contributed by atoms with Crippen LogP contribution >= 0.6 is 0 Å². The minimum atomic E-state index is -0.946. The maximum Gasteiger partial charge on any atom is 0.305 e. The molecule has 6 nitrogen and oxygen atoms in total. The van der Waals surface area contributed by atoms with Crippen LogP contribution < -0.4 is 0 Å². The molecule has 1 aromatic rings. The molecule has 3 N–H and O–H groups in total. The Kier molecular flexibility index (Phi) is 3.66. The molecule has 0 bridgehead atoms. The molecule has 6 heteroatoms. The van der Waals surface area contributed by atoms with Crippen molar-refractivity contribution in [3.8, 4) is 5.75 Å². The number of rotatable bonds is 2. The van der Waals surface area contributed by atoms with Crippen molar-refractivity contribution in [1.82, 2.24) is 0 Å². The molecule has 0 aromatic heterocycles. The summed E-state index contributed by atoms with van der Waals surface area (Å²) in [6, 6.07) is 1.72. The van der Waals surface area contributed by atoms with Gasteiger partial charge in [0.25, 0.3) is 0 Å². The second kappa shape index (κ2) is 5.37. The van der Waals surface area contributed by atoms with E-state index < -0.39 is 24.3 Å². The SMILES string of the molecule is C[C@@H]1O[C@@H](CC(=O)O)Cc2cc3c(c(O)c21)C(=O)CC[C@H]3O. The Bertz CT molecular complexity index is 651. The molecule has 0 unspecified atom stereocenters. The second-order valence-electron chi connectivity index (χ2n) is 5.94. The van der Waals surface area contributed by atoms with Gasteiger partial charge in [-0.3, -0.25) is 9.59 Å². The number of aromatic hydroxyl groups is 1. The van der Waals surface area contributed by atoms with Crippen molar-refractivity contribution in [1.29, 1.82) is 0 Å². The summed E-state index contributed by atoms with van der Waals surface area (Å²) in [5.41, 5.74) is 1.90. The zero-order chi connectivity index (χ0) is 16.0. The van der Waals surface area contributed by atoms with Crippen molar-refractivity contribution in [2.45, 2.75) is 50.9 Å². The highest BCUT2D eigenvalue weighted by molar-refractivity contribution is 6.01. The summed E-state index contributed by atoms with van der Waals surface area (Å²) in [5, 5.41) is 29.5. The molecular formula is C16H18O6. The van der Waals surface area contributed by atoms with Crippen LogP contribution in [-0.2, 0) is 16.0 Å². The van der Waals surface area contributed by atoms with Gasteiger partial charge in [-0.2, -0.15) is 0 Å². The van der Waals surface area contributed by atoms with Gasteiger partial charge in [0.05, 0.1) is 30.3 Å². The van der Waals surface area contributed by atoms with Gasteiger partial charge in [0.15, 0.2) is 5.78 Å². The Morgan fingerprint density at radius 1 is 1.45 bits per heavy atom. The molecule has 1 heterocycles. The number of aliphatic hydroxyl groups excluding tert-OH is 1. The fourth-order valence-corrected chi connectivity index (χ4v) is 3.45. The second-order valence-corrected chi connectivity index (χ2v) is 5.94. The average molecular weight is 306 g/mol. The molecule has 1 aromatic carbocycles. The first-order chi connectivity index (χ1) is 10.4. The maximum absolute atomic E-state index is 12.1. The number of hydrogen-bond donors (Lipinski definition) is 3. The van der Waals surface area contributed by atoms with Gasteiger partial charge in [0.2, 0.25) is 0 Å². The summed E-state index contributed by atoms with van der Waals surface area (Å²) < 4.78 is 5.64. The Balaban J connectivity index is 2.08. The smallest absolute Gasteiger partial charge is 0.305 e. The quantitative estimate of drug-likeness (QED) is 0.770. The van der Waals surface area contributed by atoms with Gasteiger partial charge in [0.1, 0.15) is 5.75 Å². The lowest BCUT2D eigenvalue weighted by molar-refractivity contribution is -0.141. The average Bonchev–Trinajstić information content (AvgIpc) is 2.41. The van der Waals surface area contributed by atoms with E-state index in [1.165, 1.54) is 0 Å². The highest BCUT2D eigenvalue weighted by Crippen LogP contribution is 2.44. The molecule has 1 aliphatic carbocycles.